The Morgan fingerprint density at radius 1 is 1.26 bits per heavy atom. The second-order valence-electron chi connectivity index (χ2n) is 6.20. The van der Waals surface area contributed by atoms with E-state index in [-0.39, 0.29) is 27.6 Å². The van der Waals surface area contributed by atoms with Crippen LogP contribution in [-0.4, -0.2) is 37.5 Å². The first kappa shape index (κ1) is 17.9. The van der Waals surface area contributed by atoms with Crippen molar-refractivity contribution in [3.05, 3.63) is 63.4 Å². The first-order valence-electron chi connectivity index (χ1n) is 8.27. The van der Waals surface area contributed by atoms with Gasteiger partial charge in [0.2, 0.25) is 0 Å². The monoisotopic (exact) mass is 405 g/mol. The molecule has 6 nitrogen and oxygen atoms in total. The summed E-state index contributed by atoms with van der Waals surface area (Å²) in [5, 5.41) is 6.54. The highest BCUT2D eigenvalue weighted by atomic mass is 35.5. The van der Waals surface area contributed by atoms with E-state index < -0.39 is 5.82 Å². The van der Waals surface area contributed by atoms with Gasteiger partial charge in [0.05, 0.1) is 38.7 Å². The SMILES string of the molecule is C[C@H]1c2ncnc(-c3ccn[nH]3)c2CCN1C(=O)c1ccc(F)c(Cl)c1Cl. The van der Waals surface area contributed by atoms with Gasteiger partial charge in [-0.15, -0.1) is 0 Å². The Bertz CT molecular complexity index is 1020. The molecule has 138 valence electrons. The molecule has 1 amide bonds. The summed E-state index contributed by atoms with van der Waals surface area (Å²) in [4.78, 5) is 23.4. The summed E-state index contributed by atoms with van der Waals surface area (Å²) in [5.74, 6) is -0.978. The van der Waals surface area contributed by atoms with Gasteiger partial charge >= 0.3 is 0 Å². The molecule has 3 heterocycles. The number of halogens is 3. The fourth-order valence-electron chi connectivity index (χ4n) is 3.35. The van der Waals surface area contributed by atoms with Crippen molar-refractivity contribution in [2.45, 2.75) is 19.4 Å². The minimum Gasteiger partial charge on any atom is -0.330 e. The number of aromatic nitrogens is 4. The highest BCUT2D eigenvalue weighted by molar-refractivity contribution is 6.44. The predicted octanol–water partition coefficient (Wildman–Crippen LogP) is 4.07. The van der Waals surface area contributed by atoms with E-state index in [1.54, 1.807) is 11.1 Å². The Hall–Kier alpha value is -2.51. The Kier molecular flexibility index (Phi) is 4.57. The highest BCUT2D eigenvalue weighted by Gasteiger charge is 2.32. The number of amides is 1. The first-order valence-corrected chi connectivity index (χ1v) is 9.02. The molecule has 1 aliphatic rings. The molecule has 3 aromatic rings. The number of fused-ring (bicyclic) bond motifs is 1. The predicted molar refractivity (Wildman–Crippen MR) is 99.2 cm³/mol. The maximum Gasteiger partial charge on any atom is 0.255 e. The molecule has 4 rings (SSSR count). The van der Waals surface area contributed by atoms with Gasteiger partial charge in [-0.1, -0.05) is 23.2 Å². The first-order chi connectivity index (χ1) is 13.0. The van der Waals surface area contributed by atoms with Crippen molar-refractivity contribution in [3.8, 4) is 11.4 Å². The fourth-order valence-corrected chi connectivity index (χ4v) is 3.75. The number of H-pyrrole nitrogens is 1. The molecule has 1 atom stereocenters. The molecule has 2 aromatic heterocycles. The van der Waals surface area contributed by atoms with E-state index >= 15 is 0 Å². The molecular weight excluding hydrogens is 392 g/mol. The van der Waals surface area contributed by atoms with Crippen LogP contribution in [-0.2, 0) is 6.42 Å². The van der Waals surface area contributed by atoms with Crippen LogP contribution in [0.15, 0.2) is 30.7 Å². The van der Waals surface area contributed by atoms with Crippen molar-refractivity contribution in [1.29, 1.82) is 0 Å². The molecule has 0 radical (unpaired) electrons. The maximum absolute atomic E-state index is 13.6. The van der Waals surface area contributed by atoms with Gasteiger partial charge in [-0.2, -0.15) is 5.10 Å². The summed E-state index contributed by atoms with van der Waals surface area (Å²) in [6.07, 6.45) is 3.71. The zero-order chi connectivity index (χ0) is 19.1. The Balaban J connectivity index is 1.71. The lowest BCUT2D eigenvalue weighted by Gasteiger charge is -2.35. The number of benzene rings is 1. The third-order valence-corrected chi connectivity index (χ3v) is 5.59. The summed E-state index contributed by atoms with van der Waals surface area (Å²) < 4.78 is 13.6. The molecular formula is C18H14Cl2FN5O. The third-order valence-electron chi connectivity index (χ3n) is 4.73. The second-order valence-corrected chi connectivity index (χ2v) is 6.96. The van der Waals surface area contributed by atoms with Gasteiger partial charge in [0.15, 0.2) is 0 Å². The van der Waals surface area contributed by atoms with Crippen LogP contribution < -0.4 is 0 Å². The van der Waals surface area contributed by atoms with Crippen molar-refractivity contribution in [2.75, 3.05) is 6.54 Å². The molecule has 0 bridgehead atoms. The van der Waals surface area contributed by atoms with E-state index in [4.69, 9.17) is 23.2 Å². The van der Waals surface area contributed by atoms with Gasteiger partial charge < -0.3 is 4.90 Å². The van der Waals surface area contributed by atoms with Gasteiger partial charge in [0.1, 0.15) is 12.1 Å². The number of hydrogen-bond acceptors (Lipinski definition) is 4. The Morgan fingerprint density at radius 2 is 2.07 bits per heavy atom. The molecule has 1 N–H and O–H groups in total. The number of nitrogens with zero attached hydrogens (tertiary/aromatic N) is 4. The normalized spacial score (nSPS) is 16.3. The lowest BCUT2D eigenvalue weighted by atomic mass is 9.95. The van der Waals surface area contributed by atoms with E-state index in [0.29, 0.717) is 13.0 Å². The number of hydrogen-bond donors (Lipinski definition) is 1. The quantitative estimate of drug-likeness (QED) is 0.651. The van der Waals surface area contributed by atoms with Crippen LogP contribution in [0.3, 0.4) is 0 Å². The fraction of sp³-hybridized carbons (Fsp3) is 0.222. The van der Waals surface area contributed by atoms with Crippen LogP contribution in [0.5, 0.6) is 0 Å². The zero-order valence-corrected chi connectivity index (χ0v) is 15.7. The highest BCUT2D eigenvalue weighted by Crippen LogP contribution is 2.35. The summed E-state index contributed by atoms with van der Waals surface area (Å²) in [6, 6.07) is 4.03. The number of carbonyl (C=O) groups is 1. The van der Waals surface area contributed by atoms with Gasteiger partial charge in [-0.05, 0) is 31.5 Å². The second kappa shape index (κ2) is 6.90. The molecule has 1 aliphatic heterocycles. The number of aromatic amines is 1. The van der Waals surface area contributed by atoms with Crippen molar-refractivity contribution < 1.29 is 9.18 Å². The van der Waals surface area contributed by atoms with Crippen molar-refractivity contribution in [3.63, 3.8) is 0 Å². The van der Waals surface area contributed by atoms with Crippen LogP contribution in [0.25, 0.3) is 11.4 Å². The molecule has 1 aromatic carbocycles. The molecule has 0 fully saturated rings. The average molecular weight is 406 g/mol. The number of nitrogens with one attached hydrogen (secondary N) is 1. The van der Waals surface area contributed by atoms with Crippen molar-refractivity contribution >= 4 is 29.1 Å². The van der Waals surface area contributed by atoms with Crippen LogP contribution in [0.2, 0.25) is 10.0 Å². The van der Waals surface area contributed by atoms with Crippen LogP contribution in [0, 0.1) is 5.82 Å². The Morgan fingerprint density at radius 3 is 2.81 bits per heavy atom. The maximum atomic E-state index is 13.6. The topological polar surface area (TPSA) is 74.8 Å². The van der Waals surface area contributed by atoms with E-state index in [1.165, 1.54) is 12.4 Å². The van der Waals surface area contributed by atoms with Crippen LogP contribution in [0.1, 0.15) is 34.6 Å². The molecule has 9 heteroatoms. The van der Waals surface area contributed by atoms with Gasteiger partial charge in [0.25, 0.3) is 5.91 Å². The molecule has 0 spiro atoms. The summed E-state index contributed by atoms with van der Waals surface area (Å²) in [6.45, 7) is 2.34. The van der Waals surface area contributed by atoms with Crippen LogP contribution >= 0.6 is 23.2 Å². The molecule has 0 saturated heterocycles. The molecule has 0 saturated carbocycles. The lowest BCUT2D eigenvalue weighted by Crippen LogP contribution is -2.39. The minimum absolute atomic E-state index is 0.0829. The van der Waals surface area contributed by atoms with E-state index in [2.05, 4.69) is 20.2 Å². The molecule has 0 unspecified atom stereocenters. The lowest BCUT2D eigenvalue weighted by molar-refractivity contribution is 0.0673. The van der Waals surface area contributed by atoms with Crippen molar-refractivity contribution in [2.24, 2.45) is 0 Å². The van der Waals surface area contributed by atoms with E-state index in [0.717, 1.165) is 28.7 Å². The minimum atomic E-state index is -0.660. The van der Waals surface area contributed by atoms with Gasteiger partial charge in [0, 0.05) is 18.3 Å². The average Bonchev–Trinajstić information content (AvgIpc) is 3.20. The number of rotatable bonds is 2. The van der Waals surface area contributed by atoms with Gasteiger partial charge in [-0.25, -0.2) is 14.4 Å². The summed E-state index contributed by atoms with van der Waals surface area (Å²) >= 11 is 12.0. The molecule has 27 heavy (non-hydrogen) atoms. The zero-order valence-electron chi connectivity index (χ0n) is 14.2. The van der Waals surface area contributed by atoms with E-state index in [9.17, 15) is 9.18 Å². The number of carbonyl (C=O) groups excluding carboxylic acids is 1. The smallest absolute Gasteiger partial charge is 0.255 e. The summed E-state index contributed by atoms with van der Waals surface area (Å²) in [5.41, 5.74) is 3.48. The molecule has 0 aliphatic carbocycles. The van der Waals surface area contributed by atoms with E-state index in [1.807, 2.05) is 13.0 Å². The largest absolute Gasteiger partial charge is 0.330 e. The van der Waals surface area contributed by atoms with Crippen LogP contribution in [0.4, 0.5) is 4.39 Å². The Labute approximate surface area is 164 Å². The third kappa shape index (κ3) is 2.96. The summed E-state index contributed by atoms with van der Waals surface area (Å²) in [7, 11) is 0. The van der Waals surface area contributed by atoms with Gasteiger partial charge in [-0.3, -0.25) is 9.89 Å². The standard InChI is InChI=1S/C18H14Cl2FN5O/c1-9-16-11(17(23-8-22-16)13-4-6-24-25-13)5-7-26(9)18(27)10-2-3-12(21)15(20)14(10)19/h2-4,6,8-9H,5,7H2,1H3,(H,24,25)/t9-/m0/s1. The van der Waals surface area contributed by atoms with Crippen molar-refractivity contribution in [1.82, 2.24) is 25.1 Å².